The molecule has 0 unspecified atom stereocenters. The number of pyridine rings is 1. The number of hydrogen-bond acceptors (Lipinski definition) is 2. The highest BCUT2D eigenvalue weighted by Gasteiger charge is 2.35. The van der Waals surface area contributed by atoms with Crippen LogP contribution in [0.3, 0.4) is 0 Å². The van der Waals surface area contributed by atoms with Gasteiger partial charge in [-0.05, 0) is 12.1 Å². The second-order valence-electron chi connectivity index (χ2n) is 3.12. The first-order valence-electron chi connectivity index (χ1n) is 4.24. The van der Waals surface area contributed by atoms with Crippen molar-refractivity contribution < 1.29 is 18.0 Å². The molecule has 0 radical (unpaired) electrons. The Balaban J connectivity index is 2.82. The molecular formula is C9H6F3N3O. The van der Waals surface area contributed by atoms with Crippen molar-refractivity contribution in [1.29, 1.82) is 0 Å². The molecular weight excluding hydrogens is 223 g/mol. The van der Waals surface area contributed by atoms with Crippen LogP contribution in [0.2, 0.25) is 0 Å². The van der Waals surface area contributed by atoms with Gasteiger partial charge in [-0.3, -0.25) is 4.57 Å². The van der Waals surface area contributed by atoms with E-state index in [1.165, 1.54) is 18.3 Å². The number of amides is 1. The SMILES string of the molecule is NC(=O)n1cc(C(F)(F)F)c2cccnc21. The monoisotopic (exact) mass is 229 g/mol. The van der Waals surface area contributed by atoms with Gasteiger partial charge < -0.3 is 5.73 Å². The summed E-state index contributed by atoms with van der Waals surface area (Å²) in [7, 11) is 0. The van der Waals surface area contributed by atoms with E-state index in [1.807, 2.05) is 0 Å². The molecule has 0 saturated heterocycles. The minimum atomic E-state index is -4.54. The Bertz CT molecular complexity index is 559. The summed E-state index contributed by atoms with van der Waals surface area (Å²) in [4.78, 5) is 14.6. The average Bonchev–Trinajstić information content (AvgIpc) is 2.56. The number of rotatable bonds is 0. The third-order valence-corrected chi connectivity index (χ3v) is 2.11. The van der Waals surface area contributed by atoms with E-state index in [2.05, 4.69) is 4.98 Å². The summed E-state index contributed by atoms with van der Waals surface area (Å²) in [6, 6.07) is 1.60. The van der Waals surface area contributed by atoms with Gasteiger partial charge in [0.2, 0.25) is 0 Å². The number of nitrogens with zero attached hydrogens (tertiary/aromatic N) is 2. The summed E-state index contributed by atoms with van der Waals surface area (Å²) in [6.45, 7) is 0. The van der Waals surface area contributed by atoms with E-state index in [0.29, 0.717) is 10.8 Å². The molecule has 1 amide bonds. The number of carbonyl (C=O) groups excluding carboxylic acids is 1. The van der Waals surface area contributed by atoms with Crippen molar-refractivity contribution in [2.24, 2.45) is 5.73 Å². The molecule has 16 heavy (non-hydrogen) atoms. The number of aromatic nitrogens is 2. The van der Waals surface area contributed by atoms with E-state index in [4.69, 9.17) is 5.73 Å². The first kappa shape index (κ1) is 10.5. The quantitative estimate of drug-likeness (QED) is 0.750. The zero-order valence-corrected chi connectivity index (χ0v) is 7.82. The molecule has 2 heterocycles. The van der Waals surface area contributed by atoms with Crippen molar-refractivity contribution in [3.05, 3.63) is 30.1 Å². The van der Waals surface area contributed by atoms with Gasteiger partial charge in [0.1, 0.15) is 5.65 Å². The number of carbonyl (C=O) groups is 1. The molecule has 84 valence electrons. The molecule has 0 aliphatic carbocycles. The van der Waals surface area contributed by atoms with Crippen LogP contribution in [0.5, 0.6) is 0 Å². The second kappa shape index (κ2) is 3.22. The molecule has 0 atom stereocenters. The number of fused-ring (bicyclic) bond motifs is 1. The zero-order chi connectivity index (χ0) is 11.9. The van der Waals surface area contributed by atoms with E-state index in [1.54, 1.807) is 0 Å². The van der Waals surface area contributed by atoms with Gasteiger partial charge in [0.15, 0.2) is 0 Å². The fraction of sp³-hybridized carbons (Fsp3) is 0.111. The van der Waals surface area contributed by atoms with Gasteiger partial charge in [-0.2, -0.15) is 13.2 Å². The Morgan fingerprint density at radius 1 is 1.44 bits per heavy atom. The van der Waals surface area contributed by atoms with Crippen molar-refractivity contribution in [1.82, 2.24) is 9.55 Å². The molecule has 7 heteroatoms. The van der Waals surface area contributed by atoms with E-state index in [9.17, 15) is 18.0 Å². The van der Waals surface area contributed by atoms with Crippen molar-refractivity contribution >= 4 is 17.1 Å². The summed E-state index contributed by atoms with van der Waals surface area (Å²) in [5, 5.41) is -0.145. The molecule has 0 fully saturated rings. The summed E-state index contributed by atoms with van der Waals surface area (Å²) >= 11 is 0. The fourth-order valence-corrected chi connectivity index (χ4v) is 1.45. The number of halogens is 3. The molecule has 2 N–H and O–H groups in total. The average molecular weight is 229 g/mol. The lowest BCUT2D eigenvalue weighted by molar-refractivity contribution is -0.136. The highest BCUT2D eigenvalue weighted by molar-refractivity contribution is 5.91. The van der Waals surface area contributed by atoms with Gasteiger partial charge in [0.05, 0.1) is 5.56 Å². The summed E-state index contributed by atoms with van der Waals surface area (Å²) in [6.07, 6.45) is -2.59. The van der Waals surface area contributed by atoms with Crippen molar-refractivity contribution in [3.63, 3.8) is 0 Å². The maximum atomic E-state index is 12.6. The molecule has 2 aromatic rings. The molecule has 2 aromatic heterocycles. The van der Waals surface area contributed by atoms with Crippen LogP contribution in [0.1, 0.15) is 5.56 Å². The van der Waals surface area contributed by atoms with Crippen LogP contribution in [-0.4, -0.2) is 15.6 Å². The second-order valence-corrected chi connectivity index (χ2v) is 3.12. The third-order valence-electron chi connectivity index (χ3n) is 2.11. The summed E-state index contributed by atoms with van der Waals surface area (Å²) < 4.78 is 38.5. The van der Waals surface area contributed by atoms with E-state index < -0.39 is 17.8 Å². The van der Waals surface area contributed by atoms with Crippen LogP contribution in [0.4, 0.5) is 18.0 Å². The van der Waals surface area contributed by atoms with Crippen LogP contribution in [0.25, 0.3) is 11.0 Å². The predicted octanol–water partition coefficient (Wildman–Crippen LogP) is 1.98. The lowest BCUT2D eigenvalue weighted by Gasteiger charge is -2.02. The van der Waals surface area contributed by atoms with Gasteiger partial charge in [0, 0.05) is 17.8 Å². The Morgan fingerprint density at radius 2 is 2.12 bits per heavy atom. The van der Waals surface area contributed by atoms with Gasteiger partial charge in [-0.25, -0.2) is 9.78 Å². The molecule has 0 aliphatic heterocycles. The predicted molar refractivity (Wildman–Crippen MR) is 49.7 cm³/mol. The Hall–Kier alpha value is -2.05. The highest BCUT2D eigenvalue weighted by Crippen LogP contribution is 2.35. The lowest BCUT2D eigenvalue weighted by atomic mass is 10.2. The summed E-state index contributed by atoms with van der Waals surface area (Å²) in [5.41, 5.74) is 3.94. The van der Waals surface area contributed by atoms with Crippen molar-refractivity contribution in [2.45, 2.75) is 6.18 Å². The van der Waals surface area contributed by atoms with E-state index >= 15 is 0 Å². The Kier molecular flexibility index (Phi) is 2.11. The molecule has 0 aliphatic rings. The first-order valence-corrected chi connectivity index (χ1v) is 4.24. The van der Waals surface area contributed by atoms with Gasteiger partial charge in [-0.1, -0.05) is 0 Å². The normalized spacial score (nSPS) is 11.9. The maximum Gasteiger partial charge on any atom is 0.418 e. The van der Waals surface area contributed by atoms with E-state index in [0.717, 1.165) is 0 Å². The summed E-state index contributed by atoms with van der Waals surface area (Å²) in [5.74, 6) is 0. The molecule has 4 nitrogen and oxygen atoms in total. The van der Waals surface area contributed by atoms with Crippen LogP contribution in [0.15, 0.2) is 24.5 Å². The maximum absolute atomic E-state index is 12.6. The highest BCUT2D eigenvalue weighted by atomic mass is 19.4. The standard InChI is InChI=1S/C9H6F3N3O/c10-9(11,12)6-4-15(8(13)16)7-5(6)2-1-3-14-7/h1-4H,(H2,13,16). The van der Waals surface area contributed by atoms with Crippen LogP contribution in [0, 0.1) is 0 Å². The lowest BCUT2D eigenvalue weighted by Crippen LogP contribution is -2.18. The van der Waals surface area contributed by atoms with Crippen LogP contribution in [-0.2, 0) is 6.18 Å². The topological polar surface area (TPSA) is 60.9 Å². The minimum absolute atomic E-state index is 0.0951. The number of alkyl halides is 3. The number of primary amides is 1. The Morgan fingerprint density at radius 3 is 2.69 bits per heavy atom. The first-order chi connectivity index (χ1) is 7.41. The fourth-order valence-electron chi connectivity index (χ4n) is 1.45. The smallest absolute Gasteiger partial charge is 0.351 e. The van der Waals surface area contributed by atoms with Crippen LogP contribution >= 0.6 is 0 Å². The third kappa shape index (κ3) is 1.50. The van der Waals surface area contributed by atoms with Crippen molar-refractivity contribution in [3.8, 4) is 0 Å². The molecule has 0 aromatic carbocycles. The van der Waals surface area contributed by atoms with Gasteiger partial charge in [-0.15, -0.1) is 0 Å². The van der Waals surface area contributed by atoms with Crippen molar-refractivity contribution in [2.75, 3.05) is 0 Å². The molecule has 0 spiro atoms. The zero-order valence-electron chi connectivity index (χ0n) is 7.82. The van der Waals surface area contributed by atoms with E-state index in [-0.39, 0.29) is 11.0 Å². The largest absolute Gasteiger partial charge is 0.418 e. The Labute approximate surface area is 87.5 Å². The number of hydrogen-bond donors (Lipinski definition) is 1. The molecule has 0 bridgehead atoms. The van der Waals surface area contributed by atoms with Crippen LogP contribution < -0.4 is 5.73 Å². The molecule has 0 saturated carbocycles. The molecule has 2 rings (SSSR count). The van der Waals surface area contributed by atoms with Gasteiger partial charge in [0.25, 0.3) is 0 Å². The number of nitrogens with two attached hydrogens (primary N) is 1. The van der Waals surface area contributed by atoms with Gasteiger partial charge >= 0.3 is 12.2 Å². The minimum Gasteiger partial charge on any atom is -0.351 e.